The highest BCUT2D eigenvalue weighted by molar-refractivity contribution is 5.63. The van der Waals surface area contributed by atoms with E-state index in [0.717, 1.165) is 27.8 Å². The van der Waals surface area contributed by atoms with Gasteiger partial charge in [0, 0.05) is 7.11 Å². The minimum absolute atomic E-state index is 0.0985. The predicted molar refractivity (Wildman–Crippen MR) is 222 cm³/mol. The lowest BCUT2D eigenvalue weighted by atomic mass is 9.96. The summed E-state index contributed by atoms with van der Waals surface area (Å²) in [5, 5.41) is 0. The first-order chi connectivity index (χ1) is 30.1. The van der Waals surface area contributed by atoms with Crippen molar-refractivity contribution in [2.75, 3.05) is 20.3 Å². The molecule has 0 amide bonds. The Labute approximate surface area is 356 Å². The molecule has 3 fully saturated rings. The third-order valence-corrected chi connectivity index (χ3v) is 10.8. The number of hydrogen-bond acceptors (Lipinski definition) is 12. The summed E-state index contributed by atoms with van der Waals surface area (Å²) in [6.07, 6.45) is -9.59. The van der Waals surface area contributed by atoms with E-state index in [1.54, 1.807) is 7.11 Å². The largest absolute Gasteiger partial charge is 0.509 e. The van der Waals surface area contributed by atoms with Crippen molar-refractivity contribution in [1.82, 2.24) is 0 Å². The second-order valence-corrected chi connectivity index (χ2v) is 15.1. The van der Waals surface area contributed by atoms with Crippen molar-refractivity contribution in [3.63, 3.8) is 0 Å². The van der Waals surface area contributed by atoms with Gasteiger partial charge < -0.3 is 52.1 Å². The maximum atomic E-state index is 13.1. The third kappa shape index (κ3) is 11.5. The second-order valence-electron chi connectivity index (χ2n) is 15.1. The number of methoxy groups -OCH3 is 1. The Kier molecular flexibility index (Phi) is 15.2. The zero-order valence-corrected chi connectivity index (χ0v) is 34.1. The van der Waals surface area contributed by atoms with Crippen molar-refractivity contribution in [2.45, 2.75) is 94.4 Å². The van der Waals surface area contributed by atoms with Crippen LogP contribution < -0.4 is 0 Å². The van der Waals surface area contributed by atoms with Gasteiger partial charge in [0.15, 0.2) is 24.8 Å². The summed E-state index contributed by atoms with van der Waals surface area (Å²) in [4.78, 5) is 13.1. The van der Waals surface area contributed by atoms with Crippen LogP contribution in [0.5, 0.6) is 0 Å². The molecule has 12 heteroatoms. The molecule has 61 heavy (non-hydrogen) atoms. The van der Waals surface area contributed by atoms with Gasteiger partial charge in [0.1, 0.15) is 36.6 Å². The summed E-state index contributed by atoms with van der Waals surface area (Å²) in [5.41, 5.74) is 4.83. The molecule has 320 valence electrons. The van der Waals surface area contributed by atoms with Gasteiger partial charge in [-0.1, -0.05) is 152 Å². The van der Waals surface area contributed by atoms with E-state index >= 15 is 0 Å². The molecular formula is C49H52O12. The molecule has 0 aliphatic carbocycles. The zero-order valence-electron chi connectivity index (χ0n) is 34.1. The molecule has 12 nitrogen and oxygen atoms in total. The van der Waals surface area contributed by atoms with Crippen LogP contribution in [-0.2, 0) is 85.1 Å². The topological polar surface area (TPSA) is 119 Å². The number of carbonyl (C=O) groups is 1. The molecule has 0 spiro atoms. The molecule has 0 radical (unpaired) electrons. The van der Waals surface area contributed by atoms with Gasteiger partial charge in [0.25, 0.3) is 0 Å². The summed E-state index contributed by atoms with van der Waals surface area (Å²) in [7, 11) is 1.56. The van der Waals surface area contributed by atoms with Crippen molar-refractivity contribution in [1.29, 1.82) is 0 Å². The average molecular weight is 833 g/mol. The summed E-state index contributed by atoms with van der Waals surface area (Å²) in [6.45, 7) is 1.60. The number of benzene rings is 5. The average Bonchev–Trinajstić information content (AvgIpc) is 3.71. The Morgan fingerprint density at radius 2 is 0.803 bits per heavy atom. The smallest absolute Gasteiger partial charge is 0.424 e. The normalized spacial score (nSPS) is 27.2. The highest BCUT2D eigenvalue weighted by Gasteiger charge is 2.58. The number of rotatable bonds is 20. The summed E-state index contributed by atoms with van der Waals surface area (Å²) in [5.74, 6) is 0. The van der Waals surface area contributed by atoms with E-state index in [4.69, 9.17) is 52.1 Å². The standard InChI is InChI=1S/C49H52O12/c1-51-47-45(56-31-38-25-15-6-16-26-38)43(41(54-29-36-21-11-4-12-22-36)39(57-47)32-52-27-34-17-7-2-8-18-34)59-48-46-44(60-49(50)61-46)42(55-30-37-23-13-5-14-24-37)40(58-48)33-53-28-35-19-9-3-10-20-35/h2-26,39-48H,27-33H2,1H3/t39-,40-,41-,42+,43+,44+,45-,46-,47+,48+/m1/s1. The first-order valence-corrected chi connectivity index (χ1v) is 20.7. The number of fused-ring (bicyclic) bond motifs is 1. The molecule has 3 heterocycles. The van der Waals surface area contributed by atoms with Crippen molar-refractivity contribution >= 4 is 6.16 Å². The molecule has 3 aliphatic rings. The quantitative estimate of drug-likeness (QED) is 0.0721. The molecule has 0 unspecified atom stereocenters. The van der Waals surface area contributed by atoms with E-state index in [0.29, 0.717) is 13.2 Å². The molecule has 0 N–H and O–H groups in total. The summed E-state index contributed by atoms with van der Waals surface area (Å²) in [6, 6.07) is 49.1. The Balaban J connectivity index is 1.10. The maximum absolute atomic E-state index is 13.1. The van der Waals surface area contributed by atoms with Gasteiger partial charge in [-0.25, -0.2) is 4.79 Å². The van der Waals surface area contributed by atoms with Gasteiger partial charge in [-0.05, 0) is 27.8 Å². The lowest BCUT2D eigenvalue weighted by molar-refractivity contribution is -0.363. The molecule has 0 saturated carbocycles. The van der Waals surface area contributed by atoms with Crippen molar-refractivity contribution < 1.29 is 56.9 Å². The third-order valence-electron chi connectivity index (χ3n) is 10.8. The second kappa shape index (κ2) is 21.7. The predicted octanol–water partition coefficient (Wildman–Crippen LogP) is 7.56. The first-order valence-electron chi connectivity index (χ1n) is 20.7. The van der Waals surface area contributed by atoms with E-state index in [2.05, 4.69) is 0 Å². The fourth-order valence-corrected chi connectivity index (χ4v) is 7.76. The molecule has 10 atom stereocenters. The molecule has 5 aromatic carbocycles. The van der Waals surface area contributed by atoms with Gasteiger partial charge in [0.05, 0.1) is 46.2 Å². The fourth-order valence-electron chi connectivity index (χ4n) is 7.76. The van der Waals surface area contributed by atoms with E-state index in [1.807, 2.05) is 152 Å². The Morgan fingerprint density at radius 3 is 1.26 bits per heavy atom. The van der Waals surface area contributed by atoms with Crippen LogP contribution in [0.2, 0.25) is 0 Å². The Morgan fingerprint density at radius 1 is 0.426 bits per heavy atom. The van der Waals surface area contributed by atoms with Gasteiger partial charge in [-0.15, -0.1) is 0 Å². The van der Waals surface area contributed by atoms with Crippen molar-refractivity contribution in [3.05, 3.63) is 179 Å². The molecule has 3 aliphatic heterocycles. The van der Waals surface area contributed by atoms with Crippen LogP contribution in [0, 0.1) is 0 Å². The minimum Gasteiger partial charge on any atom is -0.424 e. The van der Waals surface area contributed by atoms with Crippen LogP contribution in [0.15, 0.2) is 152 Å². The monoisotopic (exact) mass is 832 g/mol. The SMILES string of the molecule is CO[C@H]1O[C@H](COCc2ccccc2)[C@@H](OCc2ccccc2)[C@H](O[C@@H]2O[C@H](COCc3ccccc3)[C@H](OCc3ccccc3)[C@@H]3OC(=O)O[C@@H]23)[C@H]1OCc1ccccc1. The van der Waals surface area contributed by atoms with E-state index in [1.165, 1.54) is 0 Å². The zero-order chi connectivity index (χ0) is 41.6. The lowest BCUT2D eigenvalue weighted by Gasteiger charge is -2.48. The molecule has 0 aromatic heterocycles. The highest BCUT2D eigenvalue weighted by Crippen LogP contribution is 2.38. The molecule has 5 aromatic rings. The van der Waals surface area contributed by atoms with E-state index < -0.39 is 67.6 Å². The molecule has 8 rings (SSSR count). The molecular weight excluding hydrogens is 781 g/mol. The maximum Gasteiger partial charge on any atom is 0.509 e. The van der Waals surface area contributed by atoms with E-state index in [-0.39, 0.29) is 33.0 Å². The molecule has 0 bridgehead atoms. The van der Waals surface area contributed by atoms with Crippen LogP contribution in [-0.4, -0.2) is 87.9 Å². The molecule has 3 saturated heterocycles. The van der Waals surface area contributed by atoms with Gasteiger partial charge in [0.2, 0.25) is 0 Å². The van der Waals surface area contributed by atoms with E-state index in [9.17, 15) is 4.79 Å². The van der Waals surface area contributed by atoms with Crippen LogP contribution in [0.4, 0.5) is 4.79 Å². The lowest BCUT2D eigenvalue weighted by Crippen LogP contribution is -2.65. The van der Waals surface area contributed by atoms with Gasteiger partial charge >= 0.3 is 6.16 Å². The van der Waals surface area contributed by atoms with Gasteiger partial charge in [-0.2, -0.15) is 0 Å². The number of hydrogen-bond donors (Lipinski definition) is 0. The minimum atomic E-state index is -1.17. The summed E-state index contributed by atoms with van der Waals surface area (Å²) < 4.78 is 70.7. The fraction of sp³-hybridized carbons (Fsp3) is 0.367. The first kappa shape index (κ1) is 42.7. The highest BCUT2D eigenvalue weighted by atomic mass is 16.8. The van der Waals surface area contributed by atoms with Gasteiger partial charge in [-0.3, -0.25) is 0 Å². The van der Waals surface area contributed by atoms with Crippen LogP contribution >= 0.6 is 0 Å². The Bertz CT molecular complexity index is 2030. The van der Waals surface area contributed by atoms with Crippen LogP contribution in [0.3, 0.4) is 0 Å². The van der Waals surface area contributed by atoms with Crippen LogP contribution in [0.1, 0.15) is 27.8 Å². The van der Waals surface area contributed by atoms with Crippen molar-refractivity contribution in [3.8, 4) is 0 Å². The number of carbonyl (C=O) groups excluding carboxylic acids is 1. The summed E-state index contributed by atoms with van der Waals surface area (Å²) >= 11 is 0. The Hall–Kier alpha value is -4.99. The number of ether oxygens (including phenoxy) is 11. The van der Waals surface area contributed by atoms with Crippen molar-refractivity contribution in [2.24, 2.45) is 0 Å². The van der Waals surface area contributed by atoms with Crippen LogP contribution in [0.25, 0.3) is 0 Å².